The third-order valence-electron chi connectivity index (χ3n) is 7.93. The number of unbranched alkanes of at least 4 members (excludes halogenated alkanes) is 2. The van der Waals surface area contributed by atoms with Gasteiger partial charge in [-0.3, -0.25) is 0 Å². The van der Waals surface area contributed by atoms with Crippen LogP contribution < -0.4 is 5.73 Å². The lowest BCUT2D eigenvalue weighted by atomic mass is 9.63. The van der Waals surface area contributed by atoms with Crippen LogP contribution in [0.15, 0.2) is 48.1 Å². The van der Waals surface area contributed by atoms with E-state index in [1.807, 2.05) is 13.8 Å². The van der Waals surface area contributed by atoms with Gasteiger partial charge in [-0.05, 0) is 85.6 Å². The minimum absolute atomic E-state index is 0.267. The van der Waals surface area contributed by atoms with Crippen LogP contribution in [-0.4, -0.2) is 6.54 Å². The molecule has 2 rings (SSSR count). The molecule has 1 aliphatic rings. The first-order chi connectivity index (χ1) is 18.0. The van der Waals surface area contributed by atoms with Crippen LogP contribution in [-0.2, 0) is 10.8 Å². The van der Waals surface area contributed by atoms with E-state index < -0.39 is 0 Å². The van der Waals surface area contributed by atoms with Crippen molar-refractivity contribution in [2.24, 2.45) is 11.7 Å². The zero-order valence-electron chi connectivity index (χ0n) is 27.5. The van der Waals surface area contributed by atoms with Crippen LogP contribution in [0.4, 0.5) is 0 Å². The fraction of sp³-hybridized carbons (Fsp3) is 0.676. The minimum atomic E-state index is 0.267. The van der Waals surface area contributed by atoms with Crippen LogP contribution in [0.3, 0.4) is 0 Å². The minimum Gasteiger partial charge on any atom is -0.330 e. The second-order valence-electron chi connectivity index (χ2n) is 12.5. The summed E-state index contributed by atoms with van der Waals surface area (Å²) in [7, 11) is 0. The monoisotopic (exact) mass is 524 g/mol. The van der Waals surface area contributed by atoms with E-state index in [1.54, 1.807) is 0 Å². The average Bonchev–Trinajstić information content (AvgIpc) is 2.89. The molecule has 0 bridgehead atoms. The first-order valence-electron chi connectivity index (χ1n) is 15.9. The van der Waals surface area contributed by atoms with Crippen molar-refractivity contribution < 1.29 is 0 Å². The van der Waals surface area contributed by atoms with E-state index in [2.05, 4.69) is 105 Å². The Morgan fingerprint density at radius 2 is 1.47 bits per heavy atom. The average molecular weight is 524 g/mol. The highest BCUT2D eigenvalue weighted by Gasteiger charge is 2.36. The molecule has 218 valence electrons. The number of hydrogen-bond acceptors (Lipinski definition) is 1. The lowest BCUT2D eigenvalue weighted by Crippen LogP contribution is -2.33. The molecule has 1 aromatic rings. The summed E-state index contributed by atoms with van der Waals surface area (Å²) >= 11 is 0. The summed E-state index contributed by atoms with van der Waals surface area (Å²) in [6.07, 6.45) is 22.2. The molecular weight excluding hydrogens is 458 g/mol. The maximum atomic E-state index is 5.49. The van der Waals surface area contributed by atoms with Gasteiger partial charge in [0.05, 0.1) is 0 Å². The quantitative estimate of drug-likeness (QED) is 0.214. The molecule has 0 saturated heterocycles. The van der Waals surface area contributed by atoms with Crippen molar-refractivity contribution in [1.82, 2.24) is 0 Å². The van der Waals surface area contributed by atoms with Crippen molar-refractivity contribution in [1.29, 1.82) is 0 Å². The fourth-order valence-electron chi connectivity index (χ4n) is 5.38. The van der Waals surface area contributed by atoms with E-state index in [0.29, 0.717) is 0 Å². The predicted molar refractivity (Wildman–Crippen MR) is 176 cm³/mol. The number of benzene rings is 1. The molecular formula is C37H65N. The second kappa shape index (κ2) is 19.5. The van der Waals surface area contributed by atoms with Crippen LogP contribution in [0.25, 0.3) is 5.57 Å². The van der Waals surface area contributed by atoms with E-state index in [1.165, 1.54) is 92.0 Å². The zero-order chi connectivity index (χ0) is 29.2. The van der Waals surface area contributed by atoms with Gasteiger partial charge in [0, 0.05) is 0 Å². The zero-order valence-corrected chi connectivity index (χ0v) is 27.5. The summed E-state index contributed by atoms with van der Waals surface area (Å²) < 4.78 is 0. The number of nitrogens with two attached hydrogens (primary N) is 1. The molecule has 0 radical (unpaired) electrons. The van der Waals surface area contributed by atoms with Crippen molar-refractivity contribution >= 4 is 5.57 Å². The van der Waals surface area contributed by atoms with Gasteiger partial charge in [0.25, 0.3) is 0 Å². The summed E-state index contributed by atoms with van der Waals surface area (Å²) in [6, 6.07) is 7.09. The maximum absolute atomic E-state index is 5.49. The van der Waals surface area contributed by atoms with Crippen molar-refractivity contribution in [2.75, 3.05) is 6.54 Å². The van der Waals surface area contributed by atoms with Crippen molar-refractivity contribution in [3.63, 3.8) is 0 Å². The van der Waals surface area contributed by atoms with Crippen LogP contribution >= 0.6 is 0 Å². The Hall–Kier alpha value is -1.60. The first kappa shape index (κ1) is 36.4. The van der Waals surface area contributed by atoms with Gasteiger partial charge in [0.2, 0.25) is 0 Å². The molecule has 2 N–H and O–H groups in total. The maximum Gasteiger partial charge on any atom is -0.00773 e. The van der Waals surface area contributed by atoms with Gasteiger partial charge in [-0.15, -0.1) is 0 Å². The Bertz CT molecular complexity index is 845. The molecule has 1 atom stereocenters. The smallest absolute Gasteiger partial charge is 0.00773 e. The van der Waals surface area contributed by atoms with Crippen LogP contribution in [0.1, 0.15) is 157 Å². The first-order valence-corrected chi connectivity index (χ1v) is 15.9. The number of fused-ring (bicyclic) bond motifs is 1. The second-order valence-corrected chi connectivity index (χ2v) is 12.5. The van der Waals surface area contributed by atoms with Crippen molar-refractivity contribution in [2.45, 2.75) is 151 Å². The van der Waals surface area contributed by atoms with Gasteiger partial charge in [-0.25, -0.2) is 0 Å². The van der Waals surface area contributed by atoms with E-state index >= 15 is 0 Å². The molecule has 38 heavy (non-hydrogen) atoms. The van der Waals surface area contributed by atoms with Gasteiger partial charge in [0.1, 0.15) is 0 Å². The molecule has 0 heterocycles. The highest BCUT2D eigenvalue weighted by atomic mass is 14.5. The Balaban J connectivity index is 0.000000780. The van der Waals surface area contributed by atoms with Crippen molar-refractivity contribution in [3.05, 3.63) is 64.8 Å². The molecule has 0 aromatic heterocycles. The lowest BCUT2D eigenvalue weighted by molar-refractivity contribution is 0.332. The summed E-state index contributed by atoms with van der Waals surface area (Å²) in [6.45, 7) is 25.4. The third kappa shape index (κ3) is 13.0. The fourth-order valence-corrected chi connectivity index (χ4v) is 5.38. The van der Waals surface area contributed by atoms with Crippen LogP contribution in [0.2, 0.25) is 0 Å². The molecule has 0 aliphatic heterocycles. The molecule has 0 fully saturated rings. The van der Waals surface area contributed by atoms with E-state index in [4.69, 9.17) is 5.73 Å². The number of rotatable bonds is 12. The lowest BCUT2D eigenvalue weighted by Gasteiger charge is -2.42. The molecule has 0 saturated carbocycles. The molecule has 1 heteroatoms. The van der Waals surface area contributed by atoms with Gasteiger partial charge < -0.3 is 5.73 Å². The van der Waals surface area contributed by atoms with Gasteiger partial charge in [-0.1, -0.05) is 148 Å². The largest absolute Gasteiger partial charge is 0.330 e. The third-order valence-corrected chi connectivity index (χ3v) is 7.93. The Morgan fingerprint density at radius 1 is 0.868 bits per heavy atom. The highest BCUT2D eigenvalue weighted by Crippen LogP contribution is 2.46. The predicted octanol–water partition coefficient (Wildman–Crippen LogP) is 11.7. The van der Waals surface area contributed by atoms with Gasteiger partial charge >= 0.3 is 0 Å². The molecule has 0 amide bonds. The van der Waals surface area contributed by atoms with Crippen molar-refractivity contribution in [3.8, 4) is 0 Å². The molecule has 1 aromatic carbocycles. The number of allylic oxidation sites excluding steroid dienone is 6. The van der Waals surface area contributed by atoms with Gasteiger partial charge in [0.15, 0.2) is 0 Å². The SMILES string of the molecule is C/C=C(/C=C\C=C(C)C)c1ccc2c(c1)C(C)(C)CCC2(C)C.CC.CCCCC(CCC)CCCCN. The summed E-state index contributed by atoms with van der Waals surface area (Å²) in [5.74, 6) is 0.983. The Morgan fingerprint density at radius 3 is 2.00 bits per heavy atom. The highest BCUT2D eigenvalue weighted by molar-refractivity contribution is 5.75. The Kier molecular flexibility index (Phi) is 18.6. The molecule has 1 nitrogen and oxygen atoms in total. The standard InChI is InChI=1S/C23H32.C12H27N.C2H6/c1-8-18(11-9-10-17(2)3)19-12-13-20-21(16-19)23(6,7)15-14-22(20,4)5;1-3-5-9-12(8-4-2)10-6-7-11-13;1-2/h8-13,16H,14-15H2,1-7H3;12H,3-11,13H2,1-2H3;1-2H3/b11-9-,18-8-;;. The molecule has 1 aliphatic carbocycles. The van der Waals surface area contributed by atoms with E-state index in [0.717, 1.165) is 12.5 Å². The molecule has 1 unspecified atom stereocenters. The van der Waals surface area contributed by atoms with Crippen LogP contribution in [0.5, 0.6) is 0 Å². The summed E-state index contributed by atoms with van der Waals surface area (Å²) in [4.78, 5) is 0. The van der Waals surface area contributed by atoms with Gasteiger partial charge in [-0.2, -0.15) is 0 Å². The van der Waals surface area contributed by atoms with Crippen LogP contribution in [0, 0.1) is 5.92 Å². The Labute approximate surface area is 239 Å². The summed E-state index contributed by atoms with van der Waals surface area (Å²) in [5.41, 5.74) is 13.1. The normalized spacial score (nSPS) is 16.5. The number of hydrogen-bond donors (Lipinski definition) is 1. The van der Waals surface area contributed by atoms with E-state index in [9.17, 15) is 0 Å². The van der Waals surface area contributed by atoms with E-state index in [-0.39, 0.29) is 10.8 Å². The topological polar surface area (TPSA) is 26.0 Å². The summed E-state index contributed by atoms with van der Waals surface area (Å²) in [5, 5.41) is 0. The molecule has 0 spiro atoms.